The third-order valence-corrected chi connectivity index (χ3v) is 12.3. The third-order valence-electron chi connectivity index (χ3n) is 12.3. The molecular formula is C56H46N2. The van der Waals surface area contributed by atoms with Crippen LogP contribution in [-0.2, 0) is 10.8 Å². The van der Waals surface area contributed by atoms with E-state index in [1.807, 2.05) is 0 Å². The number of fused-ring (bicyclic) bond motifs is 5. The van der Waals surface area contributed by atoms with Gasteiger partial charge in [0.25, 0.3) is 0 Å². The maximum absolute atomic E-state index is 2.44. The zero-order valence-electron chi connectivity index (χ0n) is 33.5. The molecule has 2 nitrogen and oxygen atoms in total. The van der Waals surface area contributed by atoms with Gasteiger partial charge in [0.15, 0.2) is 0 Å². The predicted octanol–water partition coefficient (Wildman–Crippen LogP) is 15.4. The molecule has 58 heavy (non-hydrogen) atoms. The molecule has 0 unspecified atom stereocenters. The largest absolute Gasteiger partial charge is 0.310 e. The molecule has 0 atom stereocenters. The van der Waals surface area contributed by atoms with Crippen molar-refractivity contribution in [3.8, 4) is 0 Å². The molecule has 10 rings (SSSR count). The summed E-state index contributed by atoms with van der Waals surface area (Å²) >= 11 is 0. The Morgan fingerprint density at radius 1 is 0.328 bits per heavy atom. The SMILES string of the molecule is CC1(C)C2=C(c3ccc(C=Cc4ccc5cc(N(c6ccccc6)c6ccccc6)ccc5c4)cc31)C(C)(C)c1cc(N(c3ccccc3)c3ccccc3)ccc12. The summed E-state index contributed by atoms with van der Waals surface area (Å²) in [6.45, 7) is 9.65. The summed E-state index contributed by atoms with van der Waals surface area (Å²) in [7, 11) is 0. The first-order chi connectivity index (χ1) is 28.3. The Kier molecular flexibility index (Phi) is 8.53. The van der Waals surface area contributed by atoms with E-state index in [4.69, 9.17) is 0 Å². The van der Waals surface area contributed by atoms with Crippen LogP contribution in [0.3, 0.4) is 0 Å². The summed E-state index contributed by atoms with van der Waals surface area (Å²) in [4.78, 5) is 4.69. The average Bonchev–Trinajstić information content (AvgIpc) is 3.65. The molecule has 0 aliphatic heterocycles. The highest BCUT2D eigenvalue weighted by atomic mass is 15.1. The van der Waals surface area contributed by atoms with Gasteiger partial charge in [0.05, 0.1) is 0 Å². The summed E-state index contributed by atoms with van der Waals surface area (Å²) < 4.78 is 0. The van der Waals surface area contributed by atoms with Crippen LogP contribution in [0.2, 0.25) is 0 Å². The van der Waals surface area contributed by atoms with E-state index in [0.717, 1.165) is 28.4 Å². The smallest absolute Gasteiger partial charge is 0.0468 e. The van der Waals surface area contributed by atoms with Gasteiger partial charge in [0, 0.05) is 45.0 Å². The van der Waals surface area contributed by atoms with Gasteiger partial charge >= 0.3 is 0 Å². The standard InChI is InChI=1S/C56H46N2/c1-55(2)51-36-40(26-25-39-27-29-42-37-47(31-30-41(42)35-39)57(43-17-9-5-10-18-43)44-19-11-6-12-20-44)28-33-49(51)53-54(55)50-34-32-48(38-52(50)56(53,3)4)58(45-21-13-7-14-22-45)46-23-15-8-16-24-46/h5-38H,1-4H3. The Morgan fingerprint density at radius 2 is 0.690 bits per heavy atom. The minimum absolute atomic E-state index is 0.134. The number of para-hydroxylation sites is 4. The molecule has 0 radical (unpaired) electrons. The second-order valence-electron chi connectivity index (χ2n) is 16.7. The van der Waals surface area contributed by atoms with Gasteiger partial charge in [0.1, 0.15) is 0 Å². The van der Waals surface area contributed by atoms with Crippen LogP contribution in [0, 0.1) is 0 Å². The minimum atomic E-state index is -0.149. The van der Waals surface area contributed by atoms with Crippen LogP contribution in [0.1, 0.15) is 61.1 Å². The Labute approximate surface area is 342 Å². The quantitative estimate of drug-likeness (QED) is 0.143. The number of hydrogen-bond donors (Lipinski definition) is 0. The van der Waals surface area contributed by atoms with Gasteiger partial charge < -0.3 is 9.80 Å². The molecule has 0 aromatic heterocycles. The minimum Gasteiger partial charge on any atom is -0.310 e. The van der Waals surface area contributed by atoms with Crippen molar-refractivity contribution in [3.63, 3.8) is 0 Å². The maximum Gasteiger partial charge on any atom is 0.0468 e. The average molecular weight is 747 g/mol. The molecule has 0 heterocycles. The van der Waals surface area contributed by atoms with E-state index in [-0.39, 0.29) is 10.8 Å². The van der Waals surface area contributed by atoms with E-state index in [2.05, 4.69) is 244 Å². The second kappa shape index (κ2) is 13.9. The van der Waals surface area contributed by atoms with E-state index >= 15 is 0 Å². The number of nitrogens with zero attached hydrogens (tertiary/aromatic N) is 2. The molecule has 8 aromatic rings. The molecular weight excluding hydrogens is 701 g/mol. The van der Waals surface area contributed by atoms with Gasteiger partial charge in [-0.05, 0) is 134 Å². The van der Waals surface area contributed by atoms with Crippen LogP contribution >= 0.6 is 0 Å². The van der Waals surface area contributed by atoms with E-state index in [0.29, 0.717) is 0 Å². The van der Waals surface area contributed by atoms with Crippen LogP contribution < -0.4 is 9.80 Å². The third kappa shape index (κ3) is 5.96. The van der Waals surface area contributed by atoms with Gasteiger partial charge in [-0.15, -0.1) is 0 Å². The molecule has 0 spiro atoms. The number of rotatable bonds is 8. The van der Waals surface area contributed by atoms with E-state index < -0.39 is 0 Å². The van der Waals surface area contributed by atoms with Crippen LogP contribution in [0.25, 0.3) is 34.1 Å². The van der Waals surface area contributed by atoms with E-state index in [1.54, 1.807) is 0 Å². The van der Waals surface area contributed by atoms with E-state index in [1.165, 1.54) is 61.0 Å². The summed E-state index contributed by atoms with van der Waals surface area (Å²) in [6.07, 6.45) is 4.53. The van der Waals surface area contributed by atoms with Gasteiger partial charge in [-0.2, -0.15) is 0 Å². The Bertz CT molecular complexity index is 2790. The topological polar surface area (TPSA) is 6.48 Å². The first kappa shape index (κ1) is 35.5. The summed E-state index contributed by atoms with van der Waals surface area (Å²) in [5, 5.41) is 2.44. The van der Waals surface area contributed by atoms with Crippen molar-refractivity contribution in [2.24, 2.45) is 0 Å². The first-order valence-electron chi connectivity index (χ1n) is 20.3. The second-order valence-corrected chi connectivity index (χ2v) is 16.7. The maximum atomic E-state index is 2.44. The zero-order chi connectivity index (χ0) is 39.4. The first-order valence-corrected chi connectivity index (χ1v) is 20.3. The molecule has 0 amide bonds. The highest BCUT2D eigenvalue weighted by Gasteiger charge is 2.49. The lowest BCUT2D eigenvalue weighted by molar-refractivity contribution is 0.694. The van der Waals surface area contributed by atoms with Crippen LogP contribution in [0.4, 0.5) is 34.1 Å². The summed E-state index contributed by atoms with van der Waals surface area (Å²) in [5.41, 5.74) is 17.5. The Morgan fingerprint density at radius 3 is 1.19 bits per heavy atom. The Hall–Kier alpha value is -6.90. The van der Waals surface area contributed by atoms with Crippen molar-refractivity contribution in [1.29, 1.82) is 0 Å². The number of benzene rings is 8. The monoisotopic (exact) mass is 746 g/mol. The molecule has 0 fully saturated rings. The van der Waals surface area contributed by atoms with Crippen molar-refractivity contribution >= 4 is 68.2 Å². The molecule has 280 valence electrons. The normalized spacial score (nSPS) is 14.7. The van der Waals surface area contributed by atoms with Gasteiger partial charge in [-0.1, -0.05) is 155 Å². The van der Waals surface area contributed by atoms with Crippen LogP contribution in [0.5, 0.6) is 0 Å². The van der Waals surface area contributed by atoms with Crippen LogP contribution in [0.15, 0.2) is 194 Å². The molecule has 2 aliphatic rings. The molecule has 0 bridgehead atoms. The Balaban J connectivity index is 0.939. The molecule has 2 heteroatoms. The predicted molar refractivity (Wildman–Crippen MR) is 248 cm³/mol. The number of hydrogen-bond acceptors (Lipinski definition) is 2. The van der Waals surface area contributed by atoms with Crippen molar-refractivity contribution in [2.75, 3.05) is 9.80 Å². The van der Waals surface area contributed by atoms with Gasteiger partial charge in [-0.3, -0.25) is 0 Å². The van der Waals surface area contributed by atoms with Crippen molar-refractivity contribution in [2.45, 2.75) is 38.5 Å². The lowest BCUT2D eigenvalue weighted by Gasteiger charge is -2.31. The fourth-order valence-corrected chi connectivity index (χ4v) is 9.53. The molecule has 2 aliphatic carbocycles. The van der Waals surface area contributed by atoms with E-state index in [9.17, 15) is 0 Å². The fourth-order valence-electron chi connectivity index (χ4n) is 9.53. The molecule has 8 aromatic carbocycles. The van der Waals surface area contributed by atoms with Gasteiger partial charge in [-0.25, -0.2) is 0 Å². The zero-order valence-corrected chi connectivity index (χ0v) is 33.5. The number of allylic oxidation sites excluding steroid dienone is 2. The highest BCUT2D eigenvalue weighted by molar-refractivity contribution is 6.10. The summed E-state index contributed by atoms with van der Waals surface area (Å²) in [6, 6.07) is 70.3. The number of anilines is 6. The molecule has 0 saturated heterocycles. The fraction of sp³-hybridized carbons (Fsp3) is 0.107. The van der Waals surface area contributed by atoms with Gasteiger partial charge in [0.2, 0.25) is 0 Å². The molecule has 0 N–H and O–H groups in total. The van der Waals surface area contributed by atoms with Crippen molar-refractivity contribution < 1.29 is 0 Å². The summed E-state index contributed by atoms with van der Waals surface area (Å²) in [5.74, 6) is 0. The van der Waals surface area contributed by atoms with Crippen molar-refractivity contribution in [1.82, 2.24) is 0 Å². The van der Waals surface area contributed by atoms with Crippen molar-refractivity contribution in [3.05, 3.63) is 228 Å². The van der Waals surface area contributed by atoms with Crippen LogP contribution in [-0.4, -0.2) is 0 Å². The highest BCUT2D eigenvalue weighted by Crippen LogP contribution is 2.63. The lowest BCUT2D eigenvalue weighted by Crippen LogP contribution is -2.20. The lowest BCUT2D eigenvalue weighted by atomic mass is 9.75. The molecule has 0 saturated carbocycles.